The van der Waals surface area contributed by atoms with Crippen molar-refractivity contribution in [1.82, 2.24) is 0 Å². The van der Waals surface area contributed by atoms with Crippen LogP contribution in [0.1, 0.15) is 0 Å². The molecule has 0 aliphatic heterocycles. The molecular formula is C4H11NO4. The van der Waals surface area contributed by atoms with Gasteiger partial charge in [-0.05, 0) is 0 Å². The molecule has 0 saturated carbocycles. The second-order valence-corrected chi connectivity index (χ2v) is 1.62. The quantitative estimate of drug-likeness (QED) is 0.256. The van der Waals surface area contributed by atoms with Crippen molar-refractivity contribution in [2.75, 3.05) is 19.8 Å². The van der Waals surface area contributed by atoms with E-state index in [2.05, 4.69) is 4.74 Å². The molecule has 0 bridgehead atoms. The third kappa shape index (κ3) is 7.80. The number of hydrogen-bond donors (Lipinski definition) is 4. The Kier molecular flexibility index (Phi) is 3.67. The molecule has 5 nitrogen and oxygen atoms in total. The normalized spacial score (nSPS) is 12.0. The Balaban J connectivity index is 3.07. The minimum atomic E-state index is -2.73. The van der Waals surface area contributed by atoms with Gasteiger partial charge in [-0.15, -0.1) is 0 Å². The zero-order chi connectivity index (χ0) is 7.33. The lowest BCUT2D eigenvalue weighted by atomic mass is 10.6. The number of hydrogen-bond acceptors (Lipinski definition) is 5. The van der Waals surface area contributed by atoms with Crippen molar-refractivity contribution < 1.29 is 20.1 Å². The van der Waals surface area contributed by atoms with Gasteiger partial charge in [0.2, 0.25) is 0 Å². The van der Waals surface area contributed by atoms with Crippen LogP contribution in [0.5, 0.6) is 0 Å². The van der Waals surface area contributed by atoms with Gasteiger partial charge in [0.15, 0.2) is 0 Å². The fourth-order valence-corrected chi connectivity index (χ4v) is 0.292. The van der Waals surface area contributed by atoms with E-state index in [1.54, 1.807) is 0 Å². The molecule has 5 heteroatoms. The molecule has 0 aromatic rings. The van der Waals surface area contributed by atoms with Gasteiger partial charge in [0.05, 0.1) is 6.61 Å². The van der Waals surface area contributed by atoms with Gasteiger partial charge in [-0.1, -0.05) is 0 Å². The molecule has 0 saturated heterocycles. The van der Waals surface area contributed by atoms with Crippen LogP contribution in [-0.4, -0.2) is 41.1 Å². The molecule has 5 N–H and O–H groups in total. The summed E-state index contributed by atoms with van der Waals surface area (Å²) in [5.74, 6) is -2.73. The zero-order valence-corrected chi connectivity index (χ0v) is 4.95. The molecule has 0 rings (SSSR count). The smallest absolute Gasteiger partial charge is 0.300 e. The van der Waals surface area contributed by atoms with E-state index in [0.717, 1.165) is 0 Å². The van der Waals surface area contributed by atoms with E-state index < -0.39 is 12.6 Å². The lowest BCUT2D eigenvalue weighted by Crippen LogP contribution is -2.34. The molecule has 0 atom stereocenters. The van der Waals surface area contributed by atoms with Crippen LogP contribution in [-0.2, 0) is 4.74 Å². The molecule has 9 heavy (non-hydrogen) atoms. The highest BCUT2D eigenvalue weighted by atomic mass is 16.7. The Morgan fingerprint density at radius 2 is 1.89 bits per heavy atom. The third-order valence-corrected chi connectivity index (χ3v) is 0.558. The van der Waals surface area contributed by atoms with E-state index >= 15 is 0 Å². The summed E-state index contributed by atoms with van der Waals surface area (Å²) in [4.78, 5) is 0. The lowest BCUT2D eigenvalue weighted by Gasteiger charge is -2.12. The van der Waals surface area contributed by atoms with Crippen molar-refractivity contribution in [2.24, 2.45) is 5.73 Å². The summed E-state index contributed by atoms with van der Waals surface area (Å²) in [5.41, 5.74) is 4.99. The van der Waals surface area contributed by atoms with E-state index in [-0.39, 0.29) is 13.2 Å². The van der Waals surface area contributed by atoms with Gasteiger partial charge in [-0.2, -0.15) is 0 Å². The van der Waals surface area contributed by atoms with Crippen LogP contribution in [0.2, 0.25) is 0 Å². The van der Waals surface area contributed by atoms with Crippen LogP contribution in [0.15, 0.2) is 0 Å². The molecular weight excluding hydrogens is 126 g/mol. The molecule has 0 fully saturated rings. The van der Waals surface area contributed by atoms with Crippen LogP contribution in [0.3, 0.4) is 0 Å². The number of nitrogens with two attached hydrogens (primary N) is 1. The average Bonchev–Trinajstić information content (AvgIpc) is 1.63. The zero-order valence-electron chi connectivity index (χ0n) is 4.95. The second kappa shape index (κ2) is 3.76. The van der Waals surface area contributed by atoms with Crippen LogP contribution in [0.4, 0.5) is 0 Å². The van der Waals surface area contributed by atoms with Crippen molar-refractivity contribution >= 4 is 0 Å². The third-order valence-electron chi connectivity index (χ3n) is 0.558. The minimum Gasteiger partial charge on any atom is -0.372 e. The predicted molar refractivity (Wildman–Crippen MR) is 29.3 cm³/mol. The highest BCUT2D eigenvalue weighted by Crippen LogP contribution is 1.91. The van der Waals surface area contributed by atoms with Gasteiger partial charge in [0, 0.05) is 6.54 Å². The van der Waals surface area contributed by atoms with Gasteiger partial charge in [0.25, 0.3) is 5.97 Å². The summed E-state index contributed by atoms with van der Waals surface area (Å²) in [5, 5.41) is 24.6. The standard InChI is InChI=1S/C4H11NO4/c5-1-2-9-3-4(6,7)8/h6-8H,1-3,5H2. The summed E-state index contributed by atoms with van der Waals surface area (Å²) < 4.78 is 4.47. The Bertz CT molecular complexity index is 69.5. The molecule has 0 aromatic heterocycles. The first kappa shape index (κ1) is 8.80. The Hall–Kier alpha value is -0.200. The minimum absolute atomic E-state index is 0.198. The Morgan fingerprint density at radius 1 is 1.33 bits per heavy atom. The van der Waals surface area contributed by atoms with Gasteiger partial charge in [0.1, 0.15) is 6.61 Å². The fourth-order valence-electron chi connectivity index (χ4n) is 0.292. The maximum atomic E-state index is 8.19. The van der Waals surface area contributed by atoms with Crippen LogP contribution in [0.25, 0.3) is 0 Å². The Labute approximate surface area is 52.7 Å². The highest BCUT2D eigenvalue weighted by Gasteiger charge is 2.17. The second-order valence-electron chi connectivity index (χ2n) is 1.62. The largest absolute Gasteiger partial charge is 0.372 e. The number of aliphatic hydroxyl groups is 3. The highest BCUT2D eigenvalue weighted by molar-refractivity contribution is 4.42. The maximum Gasteiger partial charge on any atom is 0.300 e. The van der Waals surface area contributed by atoms with Crippen molar-refractivity contribution in [2.45, 2.75) is 5.97 Å². The van der Waals surface area contributed by atoms with Gasteiger partial charge >= 0.3 is 0 Å². The monoisotopic (exact) mass is 137 g/mol. The first-order valence-electron chi connectivity index (χ1n) is 2.51. The van der Waals surface area contributed by atoms with E-state index in [4.69, 9.17) is 21.1 Å². The first-order chi connectivity index (χ1) is 4.06. The SMILES string of the molecule is NCCOCC(O)(O)O. The van der Waals surface area contributed by atoms with E-state index in [0.29, 0.717) is 0 Å². The van der Waals surface area contributed by atoms with Gasteiger partial charge < -0.3 is 25.8 Å². The summed E-state index contributed by atoms with van der Waals surface area (Å²) >= 11 is 0. The van der Waals surface area contributed by atoms with Crippen LogP contribution >= 0.6 is 0 Å². The van der Waals surface area contributed by atoms with E-state index in [1.807, 2.05) is 0 Å². The van der Waals surface area contributed by atoms with E-state index in [9.17, 15) is 0 Å². The molecule has 0 aliphatic carbocycles. The number of rotatable bonds is 4. The van der Waals surface area contributed by atoms with Crippen molar-refractivity contribution in [3.8, 4) is 0 Å². The van der Waals surface area contributed by atoms with Crippen molar-refractivity contribution in [3.05, 3.63) is 0 Å². The van der Waals surface area contributed by atoms with Crippen molar-refractivity contribution in [1.29, 1.82) is 0 Å². The predicted octanol–water partition coefficient (Wildman–Crippen LogP) is -2.41. The summed E-state index contributed by atoms with van der Waals surface area (Å²) in [7, 11) is 0. The van der Waals surface area contributed by atoms with Crippen LogP contribution in [0, 0.1) is 0 Å². The van der Waals surface area contributed by atoms with Crippen molar-refractivity contribution in [3.63, 3.8) is 0 Å². The van der Waals surface area contributed by atoms with Gasteiger partial charge in [-0.3, -0.25) is 0 Å². The summed E-state index contributed by atoms with van der Waals surface area (Å²) in [6.07, 6.45) is 0. The average molecular weight is 137 g/mol. The van der Waals surface area contributed by atoms with Crippen LogP contribution < -0.4 is 5.73 Å². The maximum absolute atomic E-state index is 8.19. The van der Waals surface area contributed by atoms with Gasteiger partial charge in [-0.25, -0.2) is 0 Å². The molecule has 0 amide bonds. The molecule has 0 unspecified atom stereocenters. The molecule has 0 heterocycles. The summed E-state index contributed by atoms with van der Waals surface area (Å²) in [6.45, 7) is -0.0519. The lowest BCUT2D eigenvalue weighted by molar-refractivity contribution is -0.331. The summed E-state index contributed by atoms with van der Waals surface area (Å²) in [6, 6.07) is 0. The number of ether oxygens (including phenoxy) is 1. The first-order valence-corrected chi connectivity index (χ1v) is 2.51. The molecule has 56 valence electrons. The van der Waals surface area contributed by atoms with E-state index in [1.165, 1.54) is 0 Å². The topological polar surface area (TPSA) is 95.9 Å². The fraction of sp³-hybridized carbons (Fsp3) is 1.00. The molecule has 0 aliphatic rings. The molecule has 0 spiro atoms. The molecule has 0 aromatic carbocycles. The molecule has 0 radical (unpaired) electrons. The Morgan fingerprint density at radius 3 is 2.22 bits per heavy atom.